The van der Waals surface area contributed by atoms with E-state index in [0.717, 1.165) is 10.0 Å². The zero-order valence-electron chi connectivity index (χ0n) is 12.9. The standard InChI is InChI=1S/C17H17BrN2O3/c1-3-23-15-8-7-13(18)10-14(15)17(22)20-19-16(21)12-6-4-5-11(2)9-12/h4-10H,3H2,1-2H3,(H,19,21)(H,20,22). The highest BCUT2D eigenvalue weighted by atomic mass is 79.9. The smallest absolute Gasteiger partial charge is 0.273 e. The van der Waals surface area contributed by atoms with E-state index in [1.54, 1.807) is 36.4 Å². The second-order valence-corrected chi connectivity index (χ2v) is 5.77. The monoisotopic (exact) mass is 376 g/mol. The van der Waals surface area contributed by atoms with Crippen LogP contribution in [0.15, 0.2) is 46.9 Å². The van der Waals surface area contributed by atoms with Gasteiger partial charge in [-0.1, -0.05) is 33.6 Å². The van der Waals surface area contributed by atoms with Crippen LogP contribution in [-0.2, 0) is 0 Å². The van der Waals surface area contributed by atoms with E-state index < -0.39 is 5.91 Å². The van der Waals surface area contributed by atoms with Crippen LogP contribution in [0, 0.1) is 6.92 Å². The maximum atomic E-state index is 12.3. The predicted molar refractivity (Wildman–Crippen MR) is 91.4 cm³/mol. The zero-order chi connectivity index (χ0) is 16.8. The van der Waals surface area contributed by atoms with Gasteiger partial charge in [-0.25, -0.2) is 0 Å². The van der Waals surface area contributed by atoms with Crippen molar-refractivity contribution in [3.8, 4) is 5.75 Å². The van der Waals surface area contributed by atoms with E-state index >= 15 is 0 Å². The molecule has 0 atom stereocenters. The number of nitrogens with one attached hydrogen (secondary N) is 2. The van der Waals surface area contributed by atoms with Crippen molar-refractivity contribution in [2.45, 2.75) is 13.8 Å². The molecule has 5 nitrogen and oxygen atoms in total. The van der Waals surface area contributed by atoms with E-state index in [0.29, 0.717) is 23.5 Å². The number of hydrazine groups is 1. The fourth-order valence-corrected chi connectivity index (χ4v) is 2.36. The number of benzene rings is 2. The van der Waals surface area contributed by atoms with Crippen molar-refractivity contribution < 1.29 is 14.3 Å². The highest BCUT2D eigenvalue weighted by Crippen LogP contribution is 2.23. The third-order valence-corrected chi connectivity index (χ3v) is 3.55. The molecule has 120 valence electrons. The molecule has 6 heteroatoms. The number of hydrogen-bond donors (Lipinski definition) is 2. The quantitative estimate of drug-likeness (QED) is 0.804. The molecule has 2 amide bonds. The number of carbonyl (C=O) groups is 2. The van der Waals surface area contributed by atoms with Crippen LogP contribution in [0.3, 0.4) is 0 Å². The van der Waals surface area contributed by atoms with Crippen LogP contribution in [0.4, 0.5) is 0 Å². The van der Waals surface area contributed by atoms with Crippen LogP contribution < -0.4 is 15.6 Å². The van der Waals surface area contributed by atoms with Crippen LogP contribution >= 0.6 is 15.9 Å². The highest BCUT2D eigenvalue weighted by molar-refractivity contribution is 9.10. The average Bonchev–Trinajstić information content (AvgIpc) is 2.54. The molecule has 2 aromatic rings. The van der Waals surface area contributed by atoms with Crippen molar-refractivity contribution in [1.82, 2.24) is 10.9 Å². The van der Waals surface area contributed by atoms with Crippen molar-refractivity contribution in [2.75, 3.05) is 6.61 Å². The Morgan fingerprint density at radius 1 is 1.09 bits per heavy atom. The molecule has 0 aliphatic rings. The summed E-state index contributed by atoms with van der Waals surface area (Å²) in [4.78, 5) is 24.3. The van der Waals surface area contributed by atoms with Gasteiger partial charge in [0.1, 0.15) is 5.75 Å². The van der Waals surface area contributed by atoms with Crippen LogP contribution in [0.1, 0.15) is 33.2 Å². The molecule has 0 bridgehead atoms. The predicted octanol–water partition coefficient (Wildman–Crippen LogP) is 3.23. The molecule has 0 spiro atoms. The van der Waals surface area contributed by atoms with Crippen molar-refractivity contribution in [1.29, 1.82) is 0 Å². The van der Waals surface area contributed by atoms with E-state index in [4.69, 9.17) is 4.74 Å². The van der Waals surface area contributed by atoms with Crippen molar-refractivity contribution >= 4 is 27.7 Å². The third kappa shape index (κ3) is 4.56. The fraction of sp³-hybridized carbons (Fsp3) is 0.176. The number of rotatable bonds is 4. The van der Waals surface area contributed by atoms with Crippen LogP contribution in [-0.4, -0.2) is 18.4 Å². The van der Waals surface area contributed by atoms with Gasteiger partial charge in [-0.15, -0.1) is 0 Å². The Labute approximate surface area is 143 Å². The number of halogens is 1. The Kier molecular flexibility index (Phi) is 5.76. The maximum Gasteiger partial charge on any atom is 0.273 e. The first kappa shape index (κ1) is 17.0. The normalized spacial score (nSPS) is 10.0. The number of hydrogen-bond acceptors (Lipinski definition) is 3. The molecule has 2 N–H and O–H groups in total. The summed E-state index contributed by atoms with van der Waals surface area (Å²) < 4.78 is 6.17. The molecule has 0 aromatic heterocycles. The molecule has 0 saturated heterocycles. The Morgan fingerprint density at radius 2 is 1.83 bits per heavy atom. The largest absolute Gasteiger partial charge is 0.493 e. The molecular formula is C17H17BrN2O3. The lowest BCUT2D eigenvalue weighted by Crippen LogP contribution is -2.41. The molecule has 23 heavy (non-hydrogen) atoms. The average molecular weight is 377 g/mol. The number of aryl methyl sites for hydroxylation is 1. The lowest BCUT2D eigenvalue weighted by Gasteiger charge is -2.12. The molecule has 0 saturated carbocycles. The molecule has 0 heterocycles. The van der Waals surface area contributed by atoms with E-state index in [9.17, 15) is 9.59 Å². The van der Waals surface area contributed by atoms with E-state index in [2.05, 4.69) is 26.8 Å². The van der Waals surface area contributed by atoms with Gasteiger partial charge in [0.15, 0.2) is 0 Å². The van der Waals surface area contributed by atoms with E-state index in [1.807, 2.05) is 19.9 Å². The second-order valence-electron chi connectivity index (χ2n) is 4.85. The van der Waals surface area contributed by atoms with Crippen molar-refractivity contribution in [2.24, 2.45) is 0 Å². The minimum atomic E-state index is -0.448. The number of ether oxygens (including phenoxy) is 1. The van der Waals surface area contributed by atoms with Gasteiger partial charge in [0.25, 0.3) is 11.8 Å². The van der Waals surface area contributed by atoms with Gasteiger partial charge < -0.3 is 4.74 Å². The van der Waals surface area contributed by atoms with E-state index in [-0.39, 0.29) is 5.91 Å². The first-order chi connectivity index (χ1) is 11.0. The van der Waals surface area contributed by atoms with Crippen LogP contribution in [0.2, 0.25) is 0 Å². The summed E-state index contributed by atoms with van der Waals surface area (Å²) in [5.41, 5.74) is 6.59. The Hall–Kier alpha value is -2.34. The molecule has 0 fully saturated rings. The van der Waals surface area contributed by atoms with E-state index in [1.165, 1.54) is 0 Å². The molecule has 0 aliphatic heterocycles. The Balaban J connectivity index is 2.07. The first-order valence-electron chi connectivity index (χ1n) is 7.11. The van der Waals surface area contributed by atoms with Gasteiger partial charge in [-0.2, -0.15) is 0 Å². The molecule has 2 rings (SSSR count). The third-order valence-electron chi connectivity index (χ3n) is 3.06. The van der Waals surface area contributed by atoms with Crippen molar-refractivity contribution in [3.05, 3.63) is 63.6 Å². The van der Waals surface area contributed by atoms with Crippen LogP contribution in [0.25, 0.3) is 0 Å². The summed E-state index contributed by atoms with van der Waals surface area (Å²) in [6, 6.07) is 12.2. The Morgan fingerprint density at radius 3 is 2.52 bits per heavy atom. The summed E-state index contributed by atoms with van der Waals surface area (Å²) in [5, 5.41) is 0. The number of carbonyl (C=O) groups excluding carboxylic acids is 2. The first-order valence-corrected chi connectivity index (χ1v) is 7.90. The summed E-state index contributed by atoms with van der Waals surface area (Å²) in [6.07, 6.45) is 0. The second kappa shape index (κ2) is 7.78. The van der Waals surface area contributed by atoms with Gasteiger partial charge in [-0.3, -0.25) is 20.4 Å². The van der Waals surface area contributed by atoms with Gasteiger partial charge in [0.2, 0.25) is 0 Å². The summed E-state index contributed by atoms with van der Waals surface area (Å²) in [5.74, 6) is -0.372. The fourth-order valence-electron chi connectivity index (χ4n) is 2.00. The van der Waals surface area contributed by atoms with Crippen molar-refractivity contribution in [3.63, 3.8) is 0 Å². The molecule has 0 radical (unpaired) electrons. The topological polar surface area (TPSA) is 67.4 Å². The maximum absolute atomic E-state index is 12.3. The Bertz CT molecular complexity index is 732. The summed E-state index contributed by atoms with van der Waals surface area (Å²) >= 11 is 3.32. The molecule has 0 aliphatic carbocycles. The minimum Gasteiger partial charge on any atom is -0.493 e. The van der Waals surface area contributed by atoms with Gasteiger partial charge in [-0.05, 0) is 44.2 Å². The zero-order valence-corrected chi connectivity index (χ0v) is 14.4. The summed E-state index contributed by atoms with van der Waals surface area (Å²) in [7, 11) is 0. The van der Waals surface area contributed by atoms with Crippen LogP contribution in [0.5, 0.6) is 5.75 Å². The van der Waals surface area contributed by atoms with Gasteiger partial charge >= 0.3 is 0 Å². The molecule has 0 unspecified atom stereocenters. The SMILES string of the molecule is CCOc1ccc(Br)cc1C(=O)NNC(=O)c1cccc(C)c1. The number of amides is 2. The lowest BCUT2D eigenvalue weighted by molar-refractivity contribution is 0.0844. The van der Waals surface area contributed by atoms with Gasteiger partial charge in [0, 0.05) is 10.0 Å². The lowest BCUT2D eigenvalue weighted by atomic mass is 10.1. The van der Waals surface area contributed by atoms with Gasteiger partial charge in [0.05, 0.1) is 12.2 Å². The molecular weight excluding hydrogens is 360 g/mol. The molecule has 2 aromatic carbocycles. The summed E-state index contributed by atoms with van der Waals surface area (Å²) in [6.45, 7) is 4.17. The minimum absolute atomic E-state index is 0.339. The highest BCUT2D eigenvalue weighted by Gasteiger charge is 2.14.